The van der Waals surface area contributed by atoms with Gasteiger partial charge in [-0.25, -0.2) is 4.79 Å². The molecule has 1 fully saturated rings. The van der Waals surface area contributed by atoms with Crippen molar-refractivity contribution in [2.24, 2.45) is 0 Å². The van der Waals surface area contributed by atoms with Crippen LogP contribution in [0.15, 0.2) is 36.4 Å². The van der Waals surface area contributed by atoms with E-state index in [1.54, 1.807) is 32.0 Å². The van der Waals surface area contributed by atoms with Gasteiger partial charge in [-0.15, -0.1) is 0 Å². The van der Waals surface area contributed by atoms with Crippen LogP contribution in [-0.2, 0) is 22.4 Å². The van der Waals surface area contributed by atoms with Gasteiger partial charge in [0.05, 0.1) is 6.61 Å². The molecule has 8 nitrogen and oxygen atoms in total. The van der Waals surface area contributed by atoms with Gasteiger partial charge in [0.1, 0.15) is 11.3 Å². The second-order valence-electron chi connectivity index (χ2n) is 10.6. The Morgan fingerprint density at radius 1 is 1.05 bits per heavy atom. The summed E-state index contributed by atoms with van der Waals surface area (Å²) in [6, 6.07) is 5.65. The maximum atomic E-state index is 13.6. The first-order valence-electron chi connectivity index (χ1n) is 13.9. The fourth-order valence-electron chi connectivity index (χ4n) is 5.19. The van der Waals surface area contributed by atoms with Crippen molar-refractivity contribution in [1.82, 2.24) is 10.2 Å². The third kappa shape index (κ3) is 5.91. The van der Waals surface area contributed by atoms with Crippen molar-refractivity contribution >= 4 is 18.0 Å². The molecule has 4 rings (SSSR count). The minimum Gasteiger partial charge on any atom is -0.493 e. The Hall–Kier alpha value is -3.94. The molecule has 2 heterocycles. The number of rotatable bonds is 11. The van der Waals surface area contributed by atoms with E-state index < -0.39 is 41.0 Å². The molecule has 0 spiro atoms. The van der Waals surface area contributed by atoms with Crippen LogP contribution in [0.4, 0.5) is 31.1 Å². The minimum atomic E-state index is -6.03. The number of halogens is 6. The van der Waals surface area contributed by atoms with Gasteiger partial charge in [-0.3, -0.25) is 9.69 Å². The number of carbonyl (C=O) groups is 2. The molecule has 14 heteroatoms. The first kappa shape index (κ1) is 33.0. The molecular weight excluding hydrogens is 598 g/mol. The average Bonchev–Trinajstić information content (AvgIpc) is 3.50. The van der Waals surface area contributed by atoms with E-state index in [4.69, 9.17) is 14.2 Å². The Balaban J connectivity index is 1.47. The number of hydrogen-bond donors (Lipinski definition) is 2. The number of nitrogens with one attached hydrogen (secondary N) is 1. The van der Waals surface area contributed by atoms with E-state index >= 15 is 0 Å². The predicted molar refractivity (Wildman–Crippen MR) is 146 cm³/mol. The molecule has 0 bridgehead atoms. The minimum absolute atomic E-state index is 0.00744. The summed E-state index contributed by atoms with van der Waals surface area (Å²) >= 11 is 0. The number of ether oxygens (including phenoxy) is 3. The van der Waals surface area contributed by atoms with E-state index in [1.807, 2.05) is 0 Å². The van der Waals surface area contributed by atoms with Crippen LogP contribution in [0, 0.1) is 0 Å². The highest BCUT2D eigenvalue weighted by Crippen LogP contribution is 2.51. The number of fused-ring (bicyclic) bond motifs is 1. The lowest BCUT2D eigenvalue weighted by atomic mass is 9.88. The highest BCUT2D eigenvalue weighted by Gasteiger charge is 2.71. The molecule has 2 aliphatic heterocycles. The Bertz CT molecular complexity index is 1430. The zero-order valence-electron chi connectivity index (χ0n) is 24.2. The number of unbranched alkanes of at least 4 members (excludes halogenated alkanes) is 1. The molecule has 1 unspecified atom stereocenters. The molecule has 0 aliphatic carbocycles. The lowest BCUT2D eigenvalue weighted by molar-refractivity contribution is -0.376. The van der Waals surface area contributed by atoms with Crippen molar-refractivity contribution in [3.8, 4) is 17.2 Å². The van der Waals surface area contributed by atoms with Gasteiger partial charge >= 0.3 is 18.4 Å². The number of alkyl halides is 6. The third-order valence-corrected chi connectivity index (χ3v) is 7.55. The summed E-state index contributed by atoms with van der Waals surface area (Å²) in [5.74, 6) is 0.596. The van der Waals surface area contributed by atoms with Crippen LogP contribution < -0.4 is 19.5 Å². The fourth-order valence-corrected chi connectivity index (χ4v) is 5.19. The Kier molecular flexibility index (Phi) is 9.15. The predicted octanol–water partition coefficient (Wildman–Crippen LogP) is 6.34. The molecule has 1 atom stereocenters. The summed E-state index contributed by atoms with van der Waals surface area (Å²) in [4.78, 5) is 27.0. The maximum Gasteiger partial charge on any atom is 0.430 e. The Morgan fingerprint density at radius 3 is 2.36 bits per heavy atom. The lowest BCUT2D eigenvalue weighted by Gasteiger charge is -2.33. The molecule has 44 heavy (non-hydrogen) atoms. The Morgan fingerprint density at radius 2 is 1.73 bits per heavy atom. The van der Waals surface area contributed by atoms with Gasteiger partial charge in [-0.2, -0.15) is 26.3 Å². The van der Waals surface area contributed by atoms with Crippen LogP contribution in [0.3, 0.4) is 0 Å². The molecule has 2 N–H and O–H groups in total. The number of benzene rings is 2. The summed E-state index contributed by atoms with van der Waals surface area (Å²) in [5.41, 5.74) is -7.24. The molecule has 2 aliphatic rings. The molecule has 2 aromatic rings. The second kappa shape index (κ2) is 12.2. The zero-order valence-corrected chi connectivity index (χ0v) is 24.2. The molecule has 2 aromatic carbocycles. The summed E-state index contributed by atoms with van der Waals surface area (Å²) in [5, 5.41) is 12.7. The monoisotopic (exact) mass is 630 g/mol. The number of aryl methyl sites for hydroxylation is 1. The summed E-state index contributed by atoms with van der Waals surface area (Å²) < 4.78 is 98.1. The largest absolute Gasteiger partial charge is 0.493 e. The Labute approximate surface area is 249 Å². The summed E-state index contributed by atoms with van der Waals surface area (Å²) in [6.45, 7) is 4.89. The number of hydrogen-bond acceptors (Lipinski definition) is 6. The fraction of sp³-hybridized carbons (Fsp3) is 0.467. The maximum absolute atomic E-state index is 13.6. The molecule has 0 radical (unpaired) electrons. The van der Waals surface area contributed by atoms with Crippen molar-refractivity contribution in [3.63, 3.8) is 0 Å². The number of carbonyl (C=O) groups excluding carboxylic acids is 2. The first-order valence-corrected chi connectivity index (χ1v) is 13.9. The SMILES string of the molecule is C/C=C\c1cc(C(O)(C(F)(F)F)C(F)(F)F)cc(CCC)c1OCCCCN1C(=O)NC(C)(c2ccc3c(c2)OCO3)C1=O. The van der Waals surface area contributed by atoms with E-state index in [0.29, 0.717) is 48.5 Å². The molecule has 0 saturated carbocycles. The molecular formula is C30H32F6N2O6. The summed E-state index contributed by atoms with van der Waals surface area (Å²) in [6.07, 6.45) is -8.26. The van der Waals surface area contributed by atoms with Crippen molar-refractivity contribution < 1.29 is 55.2 Å². The lowest BCUT2D eigenvalue weighted by Crippen LogP contribution is -2.54. The van der Waals surface area contributed by atoms with Gasteiger partial charge in [-0.05, 0) is 68.5 Å². The van der Waals surface area contributed by atoms with Crippen LogP contribution in [0.2, 0.25) is 0 Å². The number of allylic oxidation sites excluding steroid dienone is 1. The second-order valence-corrected chi connectivity index (χ2v) is 10.6. The van der Waals surface area contributed by atoms with E-state index in [9.17, 15) is 41.0 Å². The molecule has 240 valence electrons. The molecule has 1 saturated heterocycles. The van der Waals surface area contributed by atoms with E-state index in [-0.39, 0.29) is 43.2 Å². The van der Waals surface area contributed by atoms with Crippen molar-refractivity contribution in [2.75, 3.05) is 19.9 Å². The van der Waals surface area contributed by atoms with Gasteiger partial charge in [0, 0.05) is 17.7 Å². The van der Waals surface area contributed by atoms with Crippen molar-refractivity contribution in [2.45, 2.75) is 69.9 Å². The van der Waals surface area contributed by atoms with E-state index in [1.165, 1.54) is 19.1 Å². The van der Waals surface area contributed by atoms with Crippen LogP contribution in [0.25, 0.3) is 6.08 Å². The van der Waals surface area contributed by atoms with Crippen LogP contribution in [-0.4, -0.2) is 54.2 Å². The van der Waals surface area contributed by atoms with Gasteiger partial charge < -0.3 is 24.6 Å². The van der Waals surface area contributed by atoms with E-state index in [0.717, 1.165) is 4.90 Å². The number of imide groups is 1. The number of urea groups is 1. The standard InChI is InChI=1S/C30H32F6N2O6/c1-4-8-18-14-21(28(41,29(31,32)33)30(34,35)36)15-19(9-5-2)24(18)42-13-7-6-12-38-25(39)27(3,37-26(38)40)20-10-11-22-23(16-20)44-17-43-22/h4,8,10-11,14-16,41H,5-7,9,12-13,17H2,1-3H3,(H,37,40)/b8-4-. The van der Waals surface area contributed by atoms with Crippen molar-refractivity contribution in [1.29, 1.82) is 0 Å². The normalized spacial score (nSPS) is 18.8. The third-order valence-electron chi connectivity index (χ3n) is 7.55. The zero-order chi connectivity index (χ0) is 32.5. The molecule has 3 amide bonds. The number of aliphatic hydroxyl groups is 1. The highest BCUT2D eigenvalue weighted by atomic mass is 19.4. The number of nitrogens with zero attached hydrogens (tertiary/aromatic N) is 1. The van der Waals surface area contributed by atoms with Crippen LogP contribution in [0.5, 0.6) is 17.2 Å². The summed E-state index contributed by atoms with van der Waals surface area (Å²) in [7, 11) is 0. The quantitative estimate of drug-likeness (QED) is 0.171. The first-order chi connectivity index (χ1) is 20.6. The van der Waals surface area contributed by atoms with Crippen LogP contribution >= 0.6 is 0 Å². The topological polar surface area (TPSA) is 97.3 Å². The van der Waals surface area contributed by atoms with Gasteiger partial charge in [0.25, 0.3) is 11.5 Å². The smallest absolute Gasteiger partial charge is 0.430 e. The van der Waals surface area contributed by atoms with Gasteiger partial charge in [-0.1, -0.05) is 31.6 Å². The van der Waals surface area contributed by atoms with Gasteiger partial charge in [0.15, 0.2) is 11.5 Å². The average molecular weight is 631 g/mol. The number of amides is 3. The van der Waals surface area contributed by atoms with Crippen LogP contribution in [0.1, 0.15) is 62.3 Å². The van der Waals surface area contributed by atoms with E-state index in [2.05, 4.69) is 5.32 Å². The molecule has 0 aromatic heterocycles. The van der Waals surface area contributed by atoms with Gasteiger partial charge in [0.2, 0.25) is 6.79 Å². The van der Waals surface area contributed by atoms with Crippen molar-refractivity contribution in [3.05, 3.63) is 58.7 Å². The highest BCUT2D eigenvalue weighted by molar-refractivity contribution is 6.07.